The smallest absolute Gasteiger partial charge is 0.411 e. The van der Waals surface area contributed by atoms with Crippen molar-refractivity contribution in [3.05, 3.63) is 29.8 Å². The van der Waals surface area contributed by atoms with E-state index in [0.29, 0.717) is 32.0 Å². The largest absolute Gasteiger partial charge is 0.444 e. The van der Waals surface area contributed by atoms with E-state index in [1.54, 1.807) is 17.2 Å². The van der Waals surface area contributed by atoms with Crippen molar-refractivity contribution in [1.29, 1.82) is 0 Å². The second-order valence-corrected chi connectivity index (χ2v) is 5.87. The van der Waals surface area contributed by atoms with E-state index < -0.39 is 5.60 Å². The highest BCUT2D eigenvalue weighted by Gasteiger charge is 2.28. The summed E-state index contributed by atoms with van der Waals surface area (Å²) in [6, 6.07) is 2.96. The number of hydrogen-bond acceptors (Lipinski definition) is 4. The van der Waals surface area contributed by atoms with Gasteiger partial charge in [0, 0.05) is 25.8 Å². The van der Waals surface area contributed by atoms with Crippen LogP contribution in [0.3, 0.4) is 0 Å². The molecule has 1 amide bonds. The van der Waals surface area contributed by atoms with Crippen LogP contribution in [-0.2, 0) is 11.3 Å². The highest BCUT2D eigenvalue weighted by atomic mass is 19.1. The first kappa shape index (κ1) is 14.7. The number of pyridine rings is 1. The predicted molar refractivity (Wildman–Crippen MR) is 72.4 cm³/mol. The molecular formula is C14H20FN3O2. The first-order chi connectivity index (χ1) is 9.35. The van der Waals surface area contributed by atoms with Gasteiger partial charge in [-0.05, 0) is 32.9 Å². The summed E-state index contributed by atoms with van der Waals surface area (Å²) in [5, 5.41) is 0. The van der Waals surface area contributed by atoms with Gasteiger partial charge in [0.25, 0.3) is 0 Å². The molecule has 2 heterocycles. The van der Waals surface area contributed by atoms with Crippen LogP contribution in [0.15, 0.2) is 18.3 Å². The summed E-state index contributed by atoms with van der Waals surface area (Å²) >= 11 is 0. The van der Waals surface area contributed by atoms with E-state index in [9.17, 15) is 9.18 Å². The molecule has 0 aromatic carbocycles. The van der Waals surface area contributed by atoms with E-state index in [-0.39, 0.29) is 11.9 Å². The minimum absolute atomic E-state index is 0.316. The quantitative estimate of drug-likeness (QED) is 0.834. The van der Waals surface area contributed by atoms with Gasteiger partial charge in [-0.15, -0.1) is 0 Å². The number of amides is 1. The molecule has 0 unspecified atom stereocenters. The Morgan fingerprint density at radius 2 is 2.20 bits per heavy atom. The fraction of sp³-hybridized carbons (Fsp3) is 0.571. The van der Waals surface area contributed by atoms with E-state index in [2.05, 4.69) is 4.98 Å². The molecule has 110 valence electrons. The number of halogens is 1. The summed E-state index contributed by atoms with van der Waals surface area (Å²) in [5.41, 5.74) is -0.101. The maximum absolute atomic E-state index is 13.5. The van der Waals surface area contributed by atoms with Gasteiger partial charge in [-0.1, -0.05) is 0 Å². The molecule has 0 saturated carbocycles. The van der Waals surface area contributed by atoms with Gasteiger partial charge in [-0.2, -0.15) is 0 Å². The Hall–Kier alpha value is -1.69. The lowest BCUT2D eigenvalue weighted by Crippen LogP contribution is -2.36. The maximum Gasteiger partial charge on any atom is 0.411 e. The Morgan fingerprint density at radius 1 is 1.45 bits per heavy atom. The molecule has 2 rings (SSSR count). The molecule has 0 bridgehead atoms. The van der Waals surface area contributed by atoms with E-state index in [4.69, 9.17) is 4.74 Å². The van der Waals surface area contributed by atoms with Crippen molar-refractivity contribution in [3.8, 4) is 0 Å². The third-order valence-electron chi connectivity index (χ3n) is 2.92. The Bertz CT molecular complexity index is 488. The molecule has 1 aromatic heterocycles. The number of hydrogen-bond donors (Lipinski definition) is 0. The molecule has 0 radical (unpaired) electrons. The van der Waals surface area contributed by atoms with Gasteiger partial charge in [0.1, 0.15) is 11.4 Å². The second-order valence-electron chi connectivity index (χ2n) is 5.87. The summed E-state index contributed by atoms with van der Waals surface area (Å²) in [5.74, 6) is -0.316. The molecule has 0 N–H and O–H groups in total. The molecule has 1 fully saturated rings. The van der Waals surface area contributed by atoms with Crippen molar-refractivity contribution in [2.45, 2.75) is 32.9 Å². The number of carbonyl (C=O) groups excluding carboxylic acids is 1. The van der Waals surface area contributed by atoms with Gasteiger partial charge in [0.05, 0.1) is 12.4 Å². The molecule has 1 saturated heterocycles. The fourth-order valence-electron chi connectivity index (χ4n) is 2.00. The minimum Gasteiger partial charge on any atom is -0.444 e. The molecule has 0 atom stereocenters. The lowest BCUT2D eigenvalue weighted by Gasteiger charge is -2.24. The molecule has 1 aliphatic rings. The molecule has 6 heteroatoms. The molecule has 5 nitrogen and oxygen atoms in total. The lowest BCUT2D eigenvalue weighted by atomic mass is 10.2. The van der Waals surface area contributed by atoms with E-state index in [0.717, 1.165) is 0 Å². The van der Waals surface area contributed by atoms with Crippen LogP contribution in [-0.4, -0.2) is 46.2 Å². The number of ether oxygens (including phenoxy) is 1. The van der Waals surface area contributed by atoms with Crippen molar-refractivity contribution >= 4 is 6.09 Å². The average molecular weight is 281 g/mol. The number of rotatable bonds is 2. The van der Waals surface area contributed by atoms with Crippen molar-refractivity contribution in [2.75, 3.05) is 19.8 Å². The van der Waals surface area contributed by atoms with Crippen molar-refractivity contribution < 1.29 is 13.9 Å². The van der Waals surface area contributed by atoms with E-state index >= 15 is 0 Å². The van der Waals surface area contributed by atoms with Crippen molar-refractivity contribution in [2.24, 2.45) is 0 Å². The Balaban J connectivity index is 1.90. The van der Waals surface area contributed by atoms with E-state index in [1.165, 1.54) is 6.07 Å². The van der Waals surface area contributed by atoms with Gasteiger partial charge < -0.3 is 4.74 Å². The third-order valence-corrected chi connectivity index (χ3v) is 2.92. The predicted octanol–water partition coefficient (Wildman–Crippen LogP) is 2.23. The maximum atomic E-state index is 13.5. The standard InChI is InChI=1S/C14H20FN3O2/c1-14(2,3)20-13(19)18-8-7-17(10-18)9-12-11(15)5-4-6-16-12/h4-6H,7-10H2,1-3H3. The summed E-state index contributed by atoms with van der Waals surface area (Å²) in [7, 11) is 0. The van der Waals surface area contributed by atoms with Crippen LogP contribution in [0.4, 0.5) is 9.18 Å². The monoisotopic (exact) mass is 281 g/mol. The molecule has 0 spiro atoms. The fourth-order valence-corrected chi connectivity index (χ4v) is 2.00. The Morgan fingerprint density at radius 3 is 2.85 bits per heavy atom. The van der Waals surface area contributed by atoms with Gasteiger partial charge in [0.15, 0.2) is 0 Å². The number of aromatic nitrogens is 1. The lowest BCUT2D eigenvalue weighted by molar-refractivity contribution is 0.0263. The van der Waals surface area contributed by atoms with Gasteiger partial charge in [-0.3, -0.25) is 14.8 Å². The highest BCUT2D eigenvalue weighted by Crippen LogP contribution is 2.15. The van der Waals surface area contributed by atoms with Gasteiger partial charge in [-0.25, -0.2) is 9.18 Å². The van der Waals surface area contributed by atoms with Crippen LogP contribution in [0, 0.1) is 5.82 Å². The number of nitrogens with zero attached hydrogens (tertiary/aromatic N) is 3. The van der Waals surface area contributed by atoms with Gasteiger partial charge >= 0.3 is 6.09 Å². The molecule has 20 heavy (non-hydrogen) atoms. The van der Waals surface area contributed by atoms with Crippen LogP contribution >= 0.6 is 0 Å². The van der Waals surface area contributed by atoms with Crippen LogP contribution in [0.1, 0.15) is 26.5 Å². The zero-order chi connectivity index (χ0) is 14.8. The van der Waals surface area contributed by atoms with Crippen LogP contribution in [0.25, 0.3) is 0 Å². The average Bonchev–Trinajstić information content (AvgIpc) is 2.79. The zero-order valence-electron chi connectivity index (χ0n) is 12.1. The van der Waals surface area contributed by atoms with Crippen LogP contribution < -0.4 is 0 Å². The summed E-state index contributed by atoms with van der Waals surface area (Å²) in [4.78, 5) is 19.5. The first-order valence-electron chi connectivity index (χ1n) is 6.65. The minimum atomic E-state index is -0.502. The van der Waals surface area contributed by atoms with Crippen LogP contribution in [0.5, 0.6) is 0 Å². The Kier molecular flexibility index (Phi) is 4.23. The topological polar surface area (TPSA) is 45.7 Å². The molecule has 0 aliphatic carbocycles. The highest BCUT2D eigenvalue weighted by molar-refractivity contribution is 5.68. The molecule has 1 aromatic rings. The molecular weight excluding hydrogens is 261 g/mol. The summed E-state index contributed by atoms with van der Waals surface area (Å²) in [6.45, 7) is 7.61. The first-order valence-corrected chi connectivity index (χ1v) is 6.65. The van der Waals surface area contributed by atoms with Gasteiger partial charge in [0.2, 0.25) is 0 Å². The normalized spacial score (nSPS) is 16.5. The molecule has 1 aliphatic heterocycles. The van der Waals surface area contributed by atoms with Crippen LogP contribution in [0.2, 0.25) is 0 Å². The zero-order valence-corrected chi connectivity index (χ0v) is 12.1. The van der Waals surface area contributed by atoms with Crippen molar-refractivity contribution in [1.82, 2.24) is 14.8 Å². The Labute approximate surface area is 118 Å². The van der Waals surface area contributed by atoms with Crippen molar-refractivity contribution in [3.63, 3.8) is 0 Å². The third kappa shape index (κ3) is 3.90. The van der Waals surface area contributed by atoms with E-state index in [1.807, 2.05) is 25.7 Å². The summed E-state index contributed by atoms with van der Waals surface area (Å²) in [6.07, 6.45) is 1.24. The SMILES string of the molecule is CC(C)(C)OC(=O)N1CCN(Cc2ncccc2F)C1. The summed E-state index contributed by atoms with van der Waals surface area (Å²) < 4.78 is 18.8. The second kappa shape index (κ2) is 5.75. The number of carbonyl (C=O) groups is 1.